The van der Waals surface area contributed by atoms with E-state index in [1.165, 1.54) is 27.7 Å². The van der Waals surface area contributed by atoms with Gasteiger partial charge in [-0.1, -0.05) is 67.0 Å². The molecule has 2 amide bonds. The Bertz CT molecular complexity index is 1460. The summed E-state index contributed by atoms with van der Waals surface area (Å²) in [5, 5.41) is 13.0. The van der Waals surface area contributed by atoms with Crippen molar-refractivity contribution in [3.63, 3.8) is 0 Å². The van der Waals surface area contributed by atoms with Crippen LogP contribution in [-0.2, 0) is 16.1 Å². The third-order valence-electron chi connectivity index (χ3n) is 8.07. The minimum Gasteiger partial charge on any atom is -0.326 e. The molecule has 3 N–H and O–H groups in total. The van der Waals surface area contributed by atoms with Crippen molar-refractivity contribution in [1.82, 2.24) is 10.3 Å². The van der Waals surface area contributed by atoms with Crippen LogP contribution < -0.4 is 16.0 Å². The Morgan fingerprint density at radius 3 is 2.47 bits per heavy atom. The van der Waals surface area contributed by atoms with E-state index in [0.29, 0.717) is 11.2 Å². The third-order valence-corrected chi connectivity index (χ3v) is 9.00. The molecule has 0 unspecified atom stereocenters. The van der Waals surface area contributed by atoms with Crippen molar-refractivity contribution in [3.8, 4) is 0 Å². The SMILES string of the molecule is O=C(Nc1nc2ccc(NC(=O)[C@@H]3CCC[C@@H](NCc4ccc5ccccc5c4)C3)cc2s1)C1CCCC1. The molecule has 1 heterocycles. The van der Waals surface area contributed by atoms with Crippen LogP contribution in [0, 0.1) is 11.8 Å². The van der Waals surface area contributed by atoms with Gasteiger partial charge in [0, 0.05) is 30.1 Å². The molecule has 0 spiro atoms. The van der Waals surface area contributed by atoms with E-state index in [0.717, 1.165) is 73.8 Å². The molecule has 6 rings (SSSR count). The molecule has 0 saturated heterocycles. The molecule has 1 aromatic heterocycles. The summed E-state index contributed by atoms with van der Waals surface area (Å²) in [5.74, 6) is 0.270. The molecule has 4 aromatic rings. The van der Waals surface area contributed by atoms with Crippen molar-refractivity contribution in [2.45, 2.75) is 64.0 Å². The molecule has 6 nitrogen and oxygen atoms in total. The van der Waals surface area contributed by atoms with E-state index in [1.54, 1.807) is 0 Å². The topological polar surface area (TPSA) is 83.1 Å². The van der Waals surface area contributed by atoms with Gasteiger partial charge in [0.2, 0.25) is 11.8 Å². The minimum atomic E-state index is -0.00345. The van der Waals surface area contributed by atoms with Crippen LogP contribution in [0.5, 0.6) is 0 Å². The summed E-state index contributed by atoms with van der Waals surface area (Å²) >= 11 is 1.46. The fourth-order valence-electron chi connectivity index (χ4n) is 5.92. The number of nitrogens with one attached hydrogen (secondary N) is 3. The Labute approximate surface area is 227 Å². The predicted octanol–water partition coefficient (Wildman–Crippen LogP) is 6.87. The third kappa shape index (κ3) is 5.74. The molecule has 38 heavy (non-hydrogen) atoms. The highest BCUT2D eigenvalue weighted by molar-refractivity contribution is 7.22. The number of nitrogens with zero attached hydrogens (tertiary/aromatic N) is 1. The molecule has 2 saturated carbocycles. The fraction of sp³-hybridized carbons (Fsp3) is 0.387. The molecule has 2 aliphatic rings. The summed E-state index contributed by atoms with van der Waals surface area (Å²) in [6, 6.07) is 21.2. The molecule has 196 valence electrons. The van der Waals surface area contributed by atoms with Crippen molar-refractivity contribution >= 4 is 55.0 Å². The molecule has 3 aromatic carbocycles. The molecule has 0 bridgehead atoms. The van der Waals surface area contributed by atoms with E-state index in [-0.39, 0.29) is 23.7 Å². The summed E-state index contributed by atoms with van der Waals surface area (Å²) < 4.78 is 0.961. The maximum Gasteiger partial charge on any atom is 0.229 e. The van der Waals surface area contributed by atoms with Crippen molar-refractivity contribution in [2.75, 3.05) is 10.6 Å². The number of thiazole rings is 1. The summed E-state index contributed by atoms with van der Waals surface area (Å²) in [6.07, 6.45) is 8.10. The standard InChI is InChI=1S/C31H34N4O2S/c36-29(22-7-2-3-8-22)35-31-34-27-15-14-26(18-28(27)38-31)33-30(37)24-10-5-11-25(17-24)32-19-20-12-13-21-6-1-4-9-23(21)16-20/h1,4,6,9,12-16,18,22,24-25,32H,2-3,5,7-8,10-11,17,19H2,(H,33,37)(H,34,35,36)/t24-,25-/m1/s1. The van der Waals surface area contributed by atoms with Crippen LogP contribution >= 0.6 is 11.3 Å². The number of rotatable bonds is 7. The molecule has 2 aliphatic carbocycles. The van der Waals surface area contributed by atoms with Crippen LogP contribution in [0.3, 0.4) is 0 Å². The lowest BCUT2D eigenvalue weighted by molar-refractivity contribution is -0.121. The van der Waals surface area contributed by atoms with Gasteiger partial charge in [0.05, 0.1) is 10.2 Å². The zero-order valence-electron chi connectivity index (χ0n) is 21.5. The summed E-state index contributed by atoms with van der Waals surface area (Å²) in [7, 11) is 0. The van der Waals surface area contributed by atoms with E-state index in [2.05, 4.69) is 63.4 Å². The molecule has 0 radical (unpaired) electrons. The smallest absolute Gasteiger partial charge is 0.229 e. The first-order chi connectivity index (χ1) is 18.6. The highest BCUT2D eigenvalue weighted by Crippen LogP contribution is 2.32. The molecule has 0 aliphatic heterocycles. The molecular weight excluding hydrogens is 492 g/mol. The van der Waals surface area contributed by atoms with Crippen LogP contribution in [0.4, 0.5) is 10.8 Å². The number of amides is 2. The first-order valence-electron chi connectivity index (χ1n) is 13.8. The van der Waals surface area contributed by atoms with Crippen LogP contribution in [0.1, 0.15) is 56.9 Å². The van der Waals surface area contributed by atoms with Gasteiger partial charge in [-0.15, -0.1) is 0 Å². The number of carbonyl (C=O) groups is 2. The second kappa shape index (κ2) is 11.2. The van der Waals surface area contributed by atoms with Crippen LogP contribution in [0.15, 0.2) is 60.7 Å². The lowest BCUT2D eigenvalue weighted by Gasteiger charge is -2.29. The highest BCUT2D eigenvalue weighted by Gasteiger charge is 2.27. The van der Waals surface area contributed by atoms with E-state index < -0.39 is 0 Å². The lowest BCUT2D eigenvalue weighted by Crippen LogP contribution is -2.37. The van der Waals surface area contributed by atoms with Gasteiger partial charge in [-0.3, -0.25) is 9.59 Å². The molecule has 7 heteroatoms. The average Bonchev–Trinajstić information content (AvgIpc) is 3.62. The number of hydrogen-bond acceptors (Lipinski definition) is 5. The van der Waals surface area contributed by atoms with Gasteiger partial charge in [0.1, 0.15) is 0 Å². The Hall–Kier alpha value is -3.29. The summed E-state index contributed by atoms with van der Waals surface area (Å²) in [4.78, 5) is 30.2. The van der Waals surface area contributed by atoms with Crippen molar-refractivity contribution in [3.05, 3.63) is 66.2 Å². The maximum absolute atomic E-state index is 13.2. The normalized spacial score (nSPS) is 20.1. The van der Waals surface area contributed by atoms with Crippen molar-refractivity contribution in [1.29, 1.82) is 0 Å². The Morgan fingerprint density at radius 2 is 1.61 bits per heavy atom. The monoisotopic (exact) mass is 526 g/mol. The molecule has 2 atom stereocenters. The van der Waals surface area contributed by atoms with Crippen LogP contribution in [-0.4, -0.2) is 22.8 Å². The Morgan fingerprint density at radius 1 is 0.816 bits per heavy atom. The first-order valence-corrected chi connectivity index (χ1v) is 14.7. The molecule has 2 fully saturated rings. The number of aromatic nitrogens is 1. The summed E-state index contributed by atoms with van der Waals surface area (Å²) in [5.41, 5.74) is 2.89. The summed E-state index contributed by atoms with van der Waals surface area (Å²) in [6.45, 7) is 0.811. The van der Waals surface area contributed by atoms with Crippen molar-refractivity contribution < 1.29 is 9.59 Å². The average molecular weight is 527 g/mol. The van der Waals surface area contributed by atoms with Crippen molar-refractivity contribution in [2.24, 2.45) is 11.8 Å². The number of carbonyl (C=O) groups excluding carboxylic acids is 2. The predicted molar refractivity (Wildman–Crippen MR) is 155 cm³/mol. The Kier molecular flexibility index (Phi) is 7.38. The second-order valence-corrected chi connectivity index (χ2v) is 11.8. The van der Waals surface area contributed by atoms with Gasteiger partial charge in [0.15, 0.2) is 5.13 Å². The number of anilines is 2. The molecular formula is C31H34N4O2S. The van der Waals surface area contributed by atoms with E-state index in [9.17, 15) is 9.59 Å². The maximum atomic E-state index is 13.2. The zero-order chi connectivity index (χ0) is 25.9. The minimum absolute atomic E-state index is 0.00345. The lowest BCUT2D eigenvalue weighted by atomic mass is 9.85. The fourth-order valence-corrected chi connectivity index (χ4v) is 6.83. The van der Waals surface area contributed by atoms with E-state index >= 15 is 0 Å². The first kappa shape index (κ1) is 25.0. The van der Waals surface area contributed by atoms with Gasteiger partial charge in [-0.2, -0.15) is 0 Å². The number of fused-ring (bicyclic) bond motifs is 2. The highest BCUT2D eigenvalue weighted by atomic mass is 32.1. The number of benzene rings is 3. The van der Waals surface area contributed by atoms with Gasteiger partial charge < -0.3 is 16.0 Å². The Balaban J connectivity index is 1.04. The van der Waals surface area contributed by atoms with Crippen LogP contribution in [0.25, 0.3) is 21.0 Å². The quantitative estimate of drug-likeness (QED) is 0.246. The number of hydrogen-bond donors (Lipinski definition) is 3. The largest absolute Gasteiger partial charge is 0.326 e. The van der Waals surface area contributed by atoms with E-state index in [4.69, 9.17) is 0 Å². The van der Waals surface area contributed by atoms with Gasteiger partial charge in [0.25, 0.3) is 0 Å². The van der Waals surface area contributed by atoms with Gasteiger partial charge >= 0.3 is 0 Å². The van der Waals surface area contributed by atoms with Crippen LogP contribution in [0.2, 0.25) is 0 Å². The second-order valence-electron chi connectivity index (χ2n) is 10.8. The zero-order valence-corrected chi connectivity index (χ0v) is 22.4. The van der Waals surface area contributed by atoms with E-state index in [1.807, 2.05) is 18.2 Å². The van der Waals surface area contributed by atoms with Gasteiger partial charge in [-0.25, -0.2) is 4.98 Å². The van der Waals surface area contributed by atoms with Gasteiger partial charge in [-0.05, 0) is 72.7 Å².